The zero-order valence-corrected chi connectivity index (χ0v) is 11.0. The van der Waals surface area contributed by atoms with E-state index >= 15 is 0 Å². The minimum atomic E-state index is 0.702. The van der Waals surface area contributed by atoms with Crippen molar-refractivity contribution in [3.63, 3.8) is 0 Å². The molecule has 0 aliphatic carbocycles. The van der Waals surface area contributed by atoms with E-state index in [-0.39, 0.29) is 0 Å². The molecule has 0 radical (unpaired) electrons. The molecular weight excluding hydrogens is 212 g/mol. The standard InChI is InChI=1S/C14H24N2O/c1-3-5-10-15-11-12-16-13-8-6-7-9-14(13)17-4-2/h6-9,15-16H,3-5,10-12H2,1-2H3. The molecule has 0 amide bonds. The van der Waals surface area contributed by atoms with Crippen molar-refractivity contribution in [3.05, 3.63) is 24.3 Å². The monoisotopic (exact) mass is 236 g/mol. The van der Waals surface area contributed by atoms with Crippen molar-refractivity contribution in [2.24, 2.45) is 0 Å². The van der Waals surface area contributed by atoms with Gasteiger partial charge < -0.3 is 15.4 Å². The van der Waals surface area contributed by atoms with Crippen LogP contribution in [0.3, 0.4) is 0 Å². The van der Waals surface area contributed by atoms with Gasteiger partial charge in [-0.2, -0.15) is 0 Å². The van der Waals surface area contributed by atoms with Crippen molar-refractivity contribution in [2.45, 2.75) is 26.7 Å². The van der Waals surface area contributed by atoms with Crippen molar-refractivity contribution in [1.82, 2.24) is 5.32 Å². The fourth-order valence-corrected chi connectivity index (χ4v) is 1.61. The number of hydrogen-bond donors (Lipinski definition) is 2. The van der Waals surface area contributed by atoms with E-state index in [1.165, 1.54) is 12.8 Å². The van der Waals surface area contributed by atoms with Gasteiger partial charge >= 0.3 is 0 Å². The second kappa shape index (κ2) is 8.88. The van der Waals surface area contributed by atoms with Crippen LogP contribution in [0.4, 0.5) is 5.69 Å². The molecule has 0 spiro atoms. The summed E-state index contributed by atoms with van der Waals surface area (Å²) in [4.78, 5) is 0. The molecule has 0 bridgehead atoms. The fourth-order valence-electron chi connectivity index (χ4n) is 1.61. The number of ether oxygens (including phenoxy) is 1. The molecule has 96 valence electrons. The first kappa shape index (κ1) is 13.8. The van der Waals surface area contributed by atoms with Crippen molar-refractivity contribution in [3.8, 4) is 5.75 Å². The summed E-state index contributed by atoms with van der Waals surface area (Å²) in [7, 11) is 0. The van der Waals surface area contributed by atoms with Crippen LogP contribution in [0.5, 0.6) is 5.75 Å². The summed E-state index contributed by atoms with van der Waals surface area (Å²) in [6, 6.07) is 8.07. The average Bonchev–Trinajstić information content (AvgIpc) is 2.36. The number of nitrogens with one attached hydrogen (secondary N) is 2. The molecule has 1 rings (SSSR count). The number of anilines is 1. The Hall–Kier alpha value is -1.22. The number of benzene rings is 1. The third-order valence-corrected chi connectivity index (χ3v) is 2.51. The highest BCUT2D eigenvalue weighted by atomic mass is 16.5. The minimum Gasteiger partial charge on any atom is -0.492 e. The summed E-state index contributed by atoms with van der Waals surface area (Å²) < 4.78 is 5.55. The molecule has 0 saturated heterocycles. The molecule has 2 N–H and O–H groups in total. The Labute approximate surface area is 105 Å². The maximum Gasteiger partial charge on any atom is 0.142 e. The summed E-state index contributed by atoms with van der Waals surface area (Å²) in [6.45, 7) is 7.92. The molecular formula is C14H24N2O. The molecule has 3 heteroatoms. The van der Waals surface area contributed by atoms with Crippen LogP contribution in [-0.4, -0.2) is 26.2 Å². The summed E-state index contributed by atoms with van der Waals surface area (Å²) in [6.07, 6.45) is 2.49. The van der Waals surface area contributed by atoms with Gasteiger partial charge in [0, 0.05) is 13.1 Å². The lowest BCUT2D eigenvalue weighted by molar-refractivity contribution is 0.341. The number of unbranched alkanes of at least 4 members (excludes halogenated alkanes) is 1. The molecule has 0 saturated carbocycles. The van der Waals surface area contributed by atoms with E-state index in [1.807, 2.05) is 25.1 Å². The van der Waals surface area contributed by atoms with Crippen LogP contribution in [0.1, 0.15) is 26.7 Å². The molecule has 0 fully saturated rings. The summed E-state index contributed by atoms with van der Waals surface area (Å²) in [5, 5.41) is 6.79. The predicted octanol–water partition coefficient (Wildman–Crippen LogP) is 2.89. The van der Waals surface area contributed by atoms with Gasteiger partial charge in [-0.25, -0.2) is 0 Å². The van der Waals surface area contributed by atoms with E-state index in [0.29, 0.717) is 6.61 Å². The van der Waals surface area contributed by atoms with Crippen LogP contribution in [0.15, 0.2) is 24.3 Å². The molecule has 0 aliphatic rings. The maximum absolute atomic E-state index is 5.55. The second-order valence-electron chi connectivity index (χ2n) is 3.96. The molecule has 0 aromatic heterocycles. The maximum atomic E-state index is 5.55. The third-order valence-electron chi connectivity index (χ3n) is 2.51. The molecule has 1 aromatic carbocycles. The van der Waals surface area contributed by atoms with Gasteiger partial charge in [-0.1, -0.05) is 25.5 Å². The highest BCUT2D eigenvalue weighted by Crippen LogP contribution is 2.22. The van der Waals surface area contributed by atoms with E-state index < -0.39 is 0 Å². The van der Waals surface area contributed by atoms with E-state index in [0.717, 1.165) is 31.1 Å². The van der Waals surface area contributed by atoms with Gasteiger partial charge in [-0.15, -0.1) is 0 Å². The minimum absolute atomic E-state index is 0.702. The molecule has 1 aromatic rings. The average molecular weight is 236 g/mol. The van der Waals surface area contributed by atoms with Crippen LogP contribution in [0.25, 0.3) is 0 Å². The third kappa shape index (κ3) is 5.59. The van der Waals surface area contributed by atoms with Gasteiger partial charge in [0.25, 0.3) is 0 Å². The Kier molecular flexibility index (Phi) is 7.23. The Morgan fingerprint density at radius 3 is 2.65 bits per heavy atom. The largest absolute Gasteiger partial charge is 0.492 e. The smallest absolute Gasteiger partial charge is 0.142 e. The topological polar surface area (TPSA) is 33.3 Å². The van der Waals surface area contributed by atoms with Crippen molar-refractivity contribution in [1.29, 1.82) is 0 Å². The first-order valence-corrected chi connectivity index (χ1v) is 6.55. The Morgan fingerprint density at radius 2 is 1.88 bits per heavy atom. The molecule has 17 heavy (non-hydrogen) atoms. The van der Waals surface area contributed by atoms with Crippen LogP contribution in [-0.2, 0) is 0 Å². The van der Waals surface area contributed by atoms with Crippen LogP contribution in [0, 0.1) is 0 Å². The zero-order valence-electron chi connectivity index (χ0n) is 11.0. The summed E-state index contributed by atoms with van der Waals surface area (Å²) in [5.41, 5.74) is 1.08. The Bertz CT molecular complexity index is 302. The molecule has 0 unspecified atom stereocenters. The van der Waals surface area contributed by atoms with Crippen molar-refractivity contribution < 1.29 is 4.74 Å². The second-order valence-corrected chi connectivity index (χ2v) is 3.96. The molecule has 3 nitrogen and oxygen atoms in total. The van der Waals surface area contributed by atoms with E-state index in [4.69, 9.17) is 4.74 Å². The number of hydrogen-bond acceptors (Lipinski definition) is 3. The zero-order chi connectivity index (χ0) is 12.3. The lowest BCUT2D eigenvalue weighted by atomic mass is 10.3. The van der Waals surface area contributed by atoms with Gasteiger partial charge in [-0.3, -0.25) is 0 Å². The van der Waals surface area contributed by atoms with Gasteiger partial charge in [-0.05, 0) is 32.0 Å². The van der Waals surface area contributed by atoms with E-state index in [2.05, 4.69) is 23.6 Å². The number of rotatable bonds is 9. The van der Waals surface area contributed by atoms with Gasteiger partial charge in [0.05, 0.1) is 12.3 Å². The summed E-state index contributed by atoms with van der Waals surface area (Å²) >= 11 is 0. The first-order valence-electron chi connectivity index (χ1n) is 6.55. The van der Waals surface area contributed by atoms with Gasteiger partial charge in [0.15, 0.2) is 0 Å². The lowest BCUT2D eigenvalue weighted by Crippen LogP contribution is -2.23. The summed E-state index contributed by atoms with van der Waals surface area (Å²) in [5.74, 6) is 0.934. The van der Waals surface area contributed by atoms with Gasteiger partial charge in [0.1, 0.15) is 5.75 Å². The van der Waals surface area contributed by atoms with Crippen molar-refractivity contribution >= 4 is 5.69 Å². The first-order chi connectivity index (χ1) is 8.38. The fraction of sp³-hybridized carbons (Fsp3) is 0.571. The van der Waals surface area contributed by atoms with E-state index in [1.54, 1.807) is 0 Å². The molecule has 0 aliphatic heterocycles. The van der Waals surface area contributed by atoms with Crippen LogP contribution < -0.4 is 15.4 Å². The normalized spacial score (nSPS) is 10.2. The van der Waals surface area contributed by atoms with Crippen LogP contribution >= 0.6 is 0 Å². The highest BCUT2D eigenvalue weighted by Gasteiger charge is 2.00. The predicted molar refractivity (Wildman–Crippen MR) is 73.9 cm³/mol. The Balaban J connectivity index is 2.25. The molecule has 0 atom stereocenters. The van der Waals surface area contributed by atoms with Crippen LogP contribution in [0.2, 0.25) is 0 Å². The lowest BCUT2D eigenvalue weighted by Gasteiger charge is -2.12. The van der Waals surface area contributed by atoms with E-state index in [9.17, 15) is 0 Å². The quantitative estimate of drug-likeness (QED) is 0.647. The van der Waals surface area contributed by atoms with Gasteiger partial charge in [0.2, 0.25) is 0 Å². The number of para-hydroxylation sites is 2. The molecule has 0 heterocycles. The highest BCUT2D eigenvalue weighted by molar-refractivity contribution is 5.56. The SMILES string of the molecule is CCCCNCCNc1ccccc1OCC. The van der Waals surface area contributed by atoms with Crippen molar-refractivity contribution in [2.75, 3.05) is 31.6 Å². The Morgan fingerprint density at radius 1 is 1.06 bits per heavy atom.